The van der Waals surface area contributed by atoms with Crippen LogP contribution in [0.5, 0.6) is 0 Å². The van der Waals surface area contributed by atoms with Crippen molar-refractivity contribution in [1.29, 1.82) is 0 Å². The molecule has 1 N–H and O–H groups in total. The Kier molecular flexibility index (Phi) is 6.61. The predicted octanol–water partition coefficient (Wildman–Crippen LogP) is 2.17. The molecular formula is C20H16ClN3O7. The summed E-state index contributed by atoms with van der Waals surface area (Å²) in [5, 5.41) is 12.1. The van der Waals surface area contributed by atoms with Crippen molar-refractivity contribution >= 4 is 40.9 Å². The molecule has 1 aliphatic rings. The van der Waals surface area contributed by atoms with E-state index in [2.05, 4.69) is 5.43 Å². The number of benzene rings is 2. The summed E-state index contributed by atoms with van der Waals surface area (Å²) in [6.07, 6.45) is -0.175. The molecule has 1 heterocycles. The summed E-state index contributed by atoms with van der Waals surface area (Å²) in [7, 11) is 0. The lowest BCUT2D eigenvalue weighted by Crippen LogP contribution is -2.43. The van der Waals surface area contributed by atoms with Crippen LogP contribution in [0.15, 0.2) is 48.5 Å². The van der Waals surface area contributed by atoms with E-state index in [9.17, 15) is 29.3 Å². The minimum Gasteiger partial charge on any atom is -0.457 e. The maximum absolute atomic E-state index is 12.2. The van der Waals surface area contributed by atoms with Crippen molar-refractivity contribution in [2.75, 3.05) is 13.2 Å². The third-order valence-electron chi connectivity index (χ3n) is 4.55. The zero-order chi connectivity index (χ0) is 22.5. The van der Waals surface area contributed by atoms with Gasteiger partial charge in [-0.15, -0.1) is 0 Å². The third kappa shape index (κ3) is 5.43. The number of ether oxygens (including phenoxy) is 1. The fourth-order valence-electron chi connectivity index (χ4n) is 2.87. The van der Waals surface area contributed by atoms with Crippen molar-refractivity contribution in [3.05, 3.63) is 74.8 Å². The summed E-state index contributed by atoms with van der Waals surface area (Å²) in [5.41, 5.74) is 2.70. The van der Waals surface area contributed by atoms with E-state index in [0.717, 1.165) is 5.01 Å². The highest BCUT2D eigenvalue weighted by Gasteiger charge is 2.36. The highest BCUT2D eigenvalue weighted by molar-refractivity contribution is 6.30. The molecule has 0 saturated carbocycles. The quantitative estimate of drug-likeness (QED) is 0.298. The molecule has 2 amide bonds. The number of carbonyl (C=O) groups is 4. The lowest BCUT2D eigenvalue weighted by atomic mass is 10.1. The summed E-state index contributed by atoms with van der Waals surface area (Å²) >= 11 is 5.78. The van der Waals surface area contributed by atoms with Crippen LogP contribution < -0.4 is 5.43 Å². The van der Waals surface area contributed by atoms with E-state index in [-0.39, 0.29) is 29.8 Å². The molecule has 0 aromatic heterocycles. The average molecular weight is 446 g/mol. The van der Waals surface area contributed by atoms with Gasteiger partial charge < -0.3 is 4.74 Å². The number of nitrogens with zero attached hydrogens (tertiary/aromatic N) is 2. The number of hydrogen-bond acceptors (Lipinski definition) is 7. The van der Waals surface area contributed by atoms with Crippen molar-refractivity contribution in [3.8, 4) is 0 Å². The molecule has 0 radical (unpaired) electrons. The van der Waals surface area contributed by atoms with Gasteiger partial charge in [0.25, 0.3) is 11.6 Å². The number of esters is 1. The lowest BCUT2D eigenvalue weighted by Gasteiger charge is -2.17. The van der Waals surface area contributed by atoms with E-state index in [1.165, 1.54) is 48.5 Å². The van der Waals surface area contributed by atoms with Crippen molar-refractivity contribution < 1.29 is 28.8 Å². The number of amides is 2. The molecule has 3 rings (SSSR count). The summed E-state index contributed by atoms with van der Waals surface area (Å²) < 4.78 is 4.99. The maximum Gasteiger partial charge on any atom is 0.311 e. The van der Waals surface area contributed by atoms with Gasteiger partial charge in [0.2, 0.25) is 5.91 Å². The Bertz CT molecular complexity index is 1040. The van der Waals surface area contributed by atoms with Crippen LogP contribution in [0.4, 0.5) is 5.69 Å². The molecule has 11 heteroatoms. The number of ketones is 1. The summed E-state index contributed by atoms with van der Waals surface area (Å²) in [5.74, 6) is -3.15. The van der Waals surface area contributed by atoms with E-state index in [0.29, 0.717) is 5.02 Å². The van der Waals surface area contributed by atoms with Crippen LogP contribution in [-0.4, -0.2) is 46.7 Å². The standard InChI is InChI=1S/C20H16ClN3O7/c21-15-5-1-13(2-6-15)19(27)22-23-10-14(9-18(23)26)20(28)31-11-17(25)12-3-7-16(8-4-12)24(29)30/h1-8,14H,9-11H2,(H,22,27). The van der Waals surface area contributed by atoms with E-state index < -0.39 is 41.0 Å². The Morgan fingerprint density at radius 1 is 1.10 bits per heavy atom. The number of rotatable bonds is 7. The van der Waals surface area contributed by atoms with Gasteiger partial charge in [-0.3, -0.25) is 39.7 Å². The molecule has 2 aromatic carbocycles. The highest BCUT2D eigenvalue weighted by atomic mass is 35.5. The van der Waals surface area contributed by atoms with Crippen LogP contribution in [-0.2, 0) is 14.3 Å². The topological polar surface area (TPSA) is 136 Å². The maximum atomic E-state index is 12.2. The van der Waals surface area contributed by atoms with Gasteiger partial charge in [-0.2, -0.15) is 0 Å². The Morgan fingerprint density at radius 3 is 2.32 bits per heavy atom. The van der Waals surface area contributed by atoms with Gasteiger partial charge in [-0.05, 0) is 36.4 Å². The minimum atomic E-state index is -0.845. The fourth-order valence-corrected chi connectivity index (χ4v) is 2.99. The van der Waals surface area contributed by atoms with Crippen molar-refractivity contribution in [2.45, 2.75) is 6.42 Å². The number of hydrogen-bond donors (Lipinski definition) is 1. The Balaban J connectivity index is 1.51. The Morgan fingerprint density at radius 2 is 1.71 bits per heavy atom. The van der Waals surface area contributed by atoms with Crippen LogP contribution >= 0.6 is 11.6 Å². The second-order valence-corrected chi connectivity index (χ2v) is 7.12. The van der Waals surface area contributed by atoms with Gasteiger partial charge >= 0.3 is 5.97 Å². The minimum absolute atomic E-state index is 0.0945. The zero-order valence-corrected chi connectivity index (χ0v) is 16.7. The normalized spacial score (nSPS) is 15.5. The molecule has 1 fully saturated rings. The van der Waals surface area contributed by atoms with Crippen LogP contribution in [0, 0.1) is 16.0 Å². The second-order valence-electron chi connectivity index (χ2n) is 6.69. The Labute approximate surface area is 180 Å². The number of Topliss-reactive ketones (excluding diaryl/α,β-unsaturated/α-hetero) is 1. The molecule has 0 bridgehead atoms. The first kappa shape index (κ1) is 21.9. The first-order valence-corrected chi connectivity index (χ1v) is 9.43. The molecule has 2 aromatic rings. The van der Waals surface area contributed by atoms with Gasteiger partial charge in [0.1, 0.15) is 0 Å². The third-order valence-corrected chi connectivity index (χ3v) is 4.80. The Hall–Kier alpha value is -3.79. The van der Waals surface area contributed by atoms with Gasteiger partial charge in [-0.25, -0.2) is 0 Å². The second kappa shape index (κ2) is 9.35. The van der Waals surface area contributed by atoms with E-state index in [4.69, 9.17) is 16.3 Å². The molecule has 1 unspecified atom stereocenters. The summed E-state index contributed by atoms with van der Waals surface area (Å²) in [4.78, 5) is 58.7. The molecule has 31 heavy (non-hydrogen) atoms. The molecule has 160 valence electrons. The number of hydrazine groups is 1. The van der Waals surface area contributed by atoms with E-state index >= 15 is 0 Å². The summed E-state index contributed by atoms with van der Waals surface area (Å²) in [6, 6.07) is 10.9. The van der Waals surface area contributed by atoms with Crippen molar-refractivity contribution in [2.24, 2.45) is 5.92 Å². The first-order chi connectivity index (χ1) is 14.7. The number of non-ortho nitro benzene ring substituents is 1. The van der Waals surface area contributed by atoms with Gasteiger partial charge in [0.05, 0.1) is 17.4 Å². The number of nitrogens with one attached hydrogen (secondary N) is 1. The lowest BCUT2D eigenvalue weighted by molar-refractivity contribution is -0.384. The van der Waals surface area contributed by atoms with Crippen LogP contribution in [0.25, 0.3) is 0 Å². The van der Waals surface area contributed by atoms with Crippen LogP contribution in [0.2, 0.25) is 5.02 Å². The molecule has 1 atom stereocenters. The molecule has 10 nitrogen and oxygen atoms in total. The zero-order valence-electron chi connectivity index (χ0n) is 15.9. The number of carbonyl (C=O) groups excluding carboxylic acids is 4. The van der Waals surface area contributed by atoms with Gasteiger partial charge in [0, 0.05) is 34.7 Å². The number of nitro groups is 1. The molecule has 1 saturated heterocycles. The van der Waals surface area contributed by atoms with Crippen LogP contribution in [0.3, 0.4) is 0 Å². The van der Waals surface area contributed by atoms with Crippen molar-refractivity contribution in [1.82, 2.24) is 10.4 Å². The average Bonchev–Trinajstić information content (AvgIpc) is 3.12. The summed E-state index contributed by atoms with van der Waals surface area (Å²) in [6.45, 7) is -0.665. The highest BCUT2D eigenvalue weighted by Crippen LogP contribution is 2.19. The first-order valence-electron chi connectivity index (χ1n) is 9.06. The monoisotopic (exact) mass is 445 g/mol. The van der Waals surface area contributed by atoms with Gasteiger partial charge in [-0.1, -0.05) is 11.6 Å². The molecular weight excluding hydrogens is 430 g/mol. The van der Waals surface area contributed by atoms with E-state index in [1.54, 1.807) is 0 Å². The molecule has 1 aliphatic heterocycles. The van der Waals surface area contributed by atoms with E-state index in [1.807, 2.05) is 0 Å². The molecule has 0 spiro atoms. The number of halogens is 1. The van der Waals surface area contributed by atoms with Gasteiger partial charge in [0.15, 0.2) is 12.4 Å². The van der Waals surface area contributed by atoms with Crippen LogP contribution in [0.1, 0.15) is 27.1 Å². The number of nitro benzene ring substituents is 1. The SMILES string of the molecule is O=C(COC(=O)C1CC(=O)N(NC(=O)c2ccc(Cl)cc2)C1)c1ccc([N+](=O)[O-])cc1. The van der Waals surface area contributed by atoms with Crippen molar-refractivity contribution in [3.63, 3.8) is 0 Å². The fraction of sp³-hybridized carbons (Fsp3) is 0.200. The smallest absolute Gasteiger partial charge is 0.311 e. The molecule has 0 aliphatic carbocycles. The largest absolute Gasteiger partial charge is 0.457 e. The predicted molar refractivity (Wildman–Crippen MR) is 107 cm³/mol.